The summed E-state index contributed by atoms with van der Waals surface area (Å²) in [5.41, 5.74) is 0.716. The van der Waals surface area contributed by atoms with Gasteiger partial charge in [-0.15, -0.1) is 0 Å². The Bertz CT molecular complexity index is 552. The van der Waals surface area contributed by atoms with Crippen molar-refractivity contribution in [2.45, 2.75) is 17.4 Å². The van der Waals surface area contributed by atoms with E-state index >= 15 is 0 Å². The van der Waals surface area contributed by atoms with E-state index in [-0.39, 0.29) is 11.5 Å². The number of thioether (sulfide) groups is 1. The van der Waals surface area contributed by atoms with E-state index < -0.39 is 6.10 Å². The number of hydrogen-bond acceptors (Lipinski definition) is 4. The van der Waals surface area contributed by atoms with E-state index in [1.54, 1.807) is 31.4 Å². The summed E-state index contributed by atoms with van der Waals surface area (Å²) in [7, 11) is 1.59. The zero-order valence-corrected chi connectivity index (χ0v) is 12.0. The molecule has 0 aliphatic rings. The van der Waals surface area contributed by atoms with Gasteiger partial charge in [-0.05, 0) is 29.8 Å². The van der Waals surface area contributed by atoms with Crippen LogP contribution < -0.4 is 4.74 Å². The second-order valence-corrected chi connectivity index (χ2v) is 5.41. The van der Waals surface area contributed by atoms with E-state index in [4.69, 9.17) is 4.74 Å². The normalized spacial score (nSPS) is 11.9. The number of carbonyl (C=O) groups excluding carboxylic acids is 1. The summed E-state index contributed by atoms with van der Waals surface area (Å²) < 4.78 is 5.06. The van der Waals surface area contributed by atoms with Gasteiger partial charge in [0, 0.05) is 11.3 Å². The maximum absolute atomic E-state index is 11.9. The lowest BCUT2D eigenvalue weighted by Crippen LogP contribution is -2.03. The predicted molar refractivity (Wildman–Crippen MR) is 79.9 cm³/mol. The van der Waals surface area contributed by atoms with E-state index in [2.05, 4.69) is 0 Å². The fourth-order valence-electron chi connectivity index (χ4n) is 1.76. The van der Waals surface area contributed by atoms with Crippen LogP contribution in [0, 0.1) is 0 Å². The molecule has 0 aromatic heterocycles. The maximum Gasteiger partial charge on any atom is 0.196 e. The number of benzene rings is 2. The smallest absolute Gasteiger partial charge is 0.196 e. The molecule has 0 unspecified atom stereocenters. The Kier molecular flexibility index (Phi) is 5.21. The molecule has 104 valence electrons. The molecule has 1 N–H and O–H groups in total. The average molecular weight is 288 g/mol. The molecule has 2 aromatic carbocycles. The van der Waals surface area contributed by atoms with Crippen molar-refractivity contribution >= 4 is 16.9 Å². The molecule has 2 rings (SSSR count). The summed E-state index contributed by atoms with van der Waals surface area (Å²) >= 11 is 1.15. The summed E-state index contributed by atoms with van der Waals surface area (Å²) in [6, 6.07) is 16.5. The zero-order valence-electron chi connectivity index (χ0n) is 11.2. The highest BCUT2D eigenvalue weighted by Gasteiger charge is 2.14. The van der Waals surface area contributed by atoms with Crippen molar-refractivity contribution < 1.29 is 14.6 Å². The standard InChI is InChI=1S/C16H16O3S/c1-19-13-9-7-12(8-10-13)15(17)11-16(18)20-14-5-3-2-4-6-14/h2-10,15,17H,11H2,1H3/t15-/m1/s1. The zero-order chi connectivity index (χ0) is 14.4. The monoisotopic (exact) mass is 288 g/mol. The third-order valence-corrected chi connectivity index (χ3v) is 3.74. The van der Waals surface area contributed by atoms with Crippen LogP contribution in [0.3, 0.4) is 0 Å². The molecule has 0 fully saturated rings. The Morgan fingerprint density at radius 2 is 1.80 bits per heavy atom. The summed E-state index contributed by atoms with van der Waals surface area (Å²) in [6.45, 7) is 0. The van der Waals surface area contributed by atoms with Crippen molar-refractivity contribution in [2.24, 2.45) is 0 Å². The Morgan fingerprint density at radius 1 is 1.15 bits per heavy atom. The Morgan fingerprint density at radius 3 is 2.40 bits per heavy atom. The Balaban J connectivity index is 1.93. The second kappa shape index (κ2) is 7.12. The van der Waals surface area contributed by atoms with E-state index in [1.165, 1.54) is 0 Å². The molecule has 0 saturated heterocycles. The van der Waals surface area contributed by atoms with E-state index in [9.17, 15) is 9.90 Å². The molecule has 1 atom stereocenters. The molecule has 0 bridgehead atoms. The van der Waals surface area contributed by atoms with Crippen molar-refractivity contribution in [3.05, 3.63) is 60.2 Å². The molecule has 20 heavy (non-hydrogen) atoms. The summed E-state index contributed by atoms with van der Waals surface area (Å²) in [4.78, 5) is 12.8. The number of hydrogen-bond donors (Lipinski definition) is 1. The summed E-state index contributed by atoms with van der Waals surface area (Å²) in [5.74, 6) is 0.728. The number of aliphatic hydroxyl groups is 1. The third-order valence-electron chi connectivity index (χ3n) is 2.84. The van der Waals surface area contributed by atoms with Crippen molar-refractivity contribution in [1.82, 2.24) is 0 Å². The summed E-state index contributed by atoms with van der Waals surface area (Å²) in [5, 5.41) is 10.0. The minimum atomic E-state index is -0.787. The van der Waals surface area contributed by atoms with Crippen LogP contribution in [-0.2, 0) is 4.79 Å². The average Bonchev–Trinajstić information content (AvgIpc) is 2.48. The molecule has 0 amide bonds. The number of methoxy groups -OCH3 is 1. The topological polar surface area (TPSA) is 46.5 Å². The van der Waals surface area contributed by atoms with Gasteiger partial charge in [0.15, 0.2) is 5.12 Å². The number of aliphatic hydroxyl groups excluding tert-OH is 1. The fourth-order valence-corrected chi connectivity index (χ4v) is 2.56. The minimum Gasteiger partial charge on any atom is -0.497 e. The second-order valence-electron chi connectivity index (χ2n) is 4.28. The predicted octanol–water partition coefficient (Wildman–Crippen LogP) is 3.44. The first kappa shape index (κ1) is 14.6. The van der Waals surface area contributed by atoms with Crippen molar-refractivity contribution in [3.8, 4) is 5.75 Å². The van der Waals surface area contributed by atoms with Crippen LogP contribution in [0.2, 0.25) is 0 Å². The van der Waals surface area contributed by atoms with E-state index in [0.717, 1.165) is 22.4 Å². The van der Waals surface area contributed by atoms with Gasteiger partial charge in [-0.1, -0.05) is 42.1 Å². The third kappa shape index (κ3) is 4.11. The molecule has 4 heteroatoms. The molecule has 0 radical (unpaired) electrons. The Labute approximate surface area is 122 Å². The van der Waals surface area contributed by atoms with Crippen LogP contribution in [0.4, 0.5) is 0 Å². The van der Waals surface area contributed by atoms with Gasteiger partial charge in [-0.2, -0.15) is 0 Å². The molecular weight excluding hydrogens is 272 g/mol. The van der Waals surface area contributed by atoms with E-state index in [0.29, 0.717) is 5.56 Å². The maximum atomic E-state index is 11.9. The van der Waals surface area contributed by atoms with Gasteiger partial charge < -0.3 is 9.84 Å². The molecule has 0 saturated carbocycles. The quantitative estimate of drug-likeness (QED) is 0.856. The molecular formula is C16H16O3S. The first-order chi connectivity index (χ1) is 9.69. The highest BCUT2D eigenvalue weighted by Crippen LogP contribution is 2.26. The largest absolute Gasteiger partial charge is 0.497 e. The number of carbonyl (C=O) groups is 1. The minimum absolute atomic E-state index is 0.0560. The number of rotatable bonds is 5. The molecule has 2 aromatic rings. The van der Waals surface area contributed by atoms with Gasteiger partial charge in [-0.25, -0.2) is 0 Å². The van der Waals surface area contributed by atoms with Crippen molar-refractivity contribution in [3.63, 3.8) is 0 Å². The molecule has 0 aliphatic heterocycles. The highest BCUT2D eigenvalue weighted by atomic mass is 32.2. The van der Waals surface area contributed by atoms with Gasteiger partial charge in [0.1, 0.15) is 5.75 Å². The van der Waals surface area contributed by atoms with Gasteiger partial charge in [0.05, 0.1) is 13.2 Å². The van der Waals surface area contributed by atoms with Gasteiger partial charge in [-0.3, -0.25) is 4.79 Å². The van der Waals surface area contributed by atoms with Crippen LogP contribution >= 0.6 is 11.8 Å². The molecule has 0 spiro atoms. The van der Waals surface area contributed by atoms with Gasteiger partial charge >= 0.3 is 0 Å². The van der Waals surface area contributed by atoms with Gasteiger partial charge in [0.25, 0.3) is 0 Å². The van der Waals surface area contributed by atoms with Crippen LogP contribution in [-0.4, -0.2) is 17.3 Å². The van der Waals surface area contributed by atoms with E-state index in [1.807, 2.05) is 30.3 Å². The van der Waals surface area contributed by atoms with Crippen molar-refractivity contribution in [2.75, 3.05) is 7.11 Å². The lowest BCUT2D eigenvalue weighted by Gasteiger charge is -2.10. The summed E-state index contributed by atoms with van der Waals surface area (Å²) in [6.07, 6.45) is -0.698. The lowest BCUT2D eigenvalue weighted by atomic mass is 10.1. The van der Waals surface area contributed by atoms with Crippen LogP contribution in [0.15, 0.2) is 59.5 Å². The molecule has 3 nitrogen and oxygen atoms in total. The fraction of sp³-hybridized carbons (Fsp3) is 0.188. The highest BCUT2D eigenvalue weighted by molar-refractivity contribution is 8.13. The first-order valence-corrected chi connectivity index (χ1v) is 7.08. The van der Waals surface area contributed by atoms with Gasteiger partial charge in [0.2, 0.25) is 0 Å². The first-order valence-electron chi connectivity index (χ1n) is 6.27. The Hall–Kier alpha value is -1.78. The van der Waals surface area contributed by atoms with Crippen LogP contribution in [0.1, 0.15) is 18.1 Å². The lowest BCUT2D eigenvalue weighted by molar-refractivity contribution is -0.112. The van der Waals surface area contributed by atoms with Crippen molar-refractivity contribution in [1.29, 1.82) is 0 Å². The molecule has 0 aliphatic carbocycles. The number of ether oxygens (including phenoxy) is 1. The van der Waals surface area contributed by atoms with Crippen LogP contribution in [0.25, 0.3) is 0 Å². The van der Waals surface area contributed by atoms with Crippen LogP contribution in [0.5, 0.6) is 5.75 Å². The SMILES string of the molecule is COc1ccc([C@H](O)CC(=O)Sc2ccccc2)cc1. The molecule has 0 heterocycles.